The van der Waals surface area contributed by atoms with Gasteiger partial charge < -0.3 is 14.9 Å². The fraction of sp³-hybridized carbons (Fsp3) is 0.647. The number of likely N-dealkylation sites (N-methyl/N-ethyl adjacent to an activating group) is 2. The van der Waals surface area contributed by atoms with Gasteiger partial charge in [-0.3, -0.25) is 14.7 Å². The Morgan fingerprint density at radius 1 is 1.22 bits per heavy atom. The average molecular weight is 318 g/mol. The number of hydrogen-bond acceptors (Lipinski definition) is 5. The van der Waals surface area contributed by atoms with Gasteiger partial charge in [0, 0.05) is 31.4 Å². The third-order valence-electron chi connectivity index (χ3n) is 5.42. The molecule has 0 unspecified atom stereocenters. The second kappa shape index (κ2) is 6.45. The average Bonchev–Trinajstić information content (AvgIpc) is 2.67. The first-order valence-corrected chi connectivity index (χ1v) is 8.34. The van der Waals surface area contributed by atoms with Crippen LogP contribution < -0.4 is 0 Å². The smallest absolute Gasteiger partial charge is 0.257 e. The Morgan fingerprint density at radius 3 is 2.65 bits per heavy atom. The summed E-state index contributed by atoms with van der Waals surface area (Å²) >= 11 is 0. The van der Waals surface area contributed by atoms with Gasteiger partial charge in [-0.05, 0) is 52.5 Å². The molecule has 0 saturated carbocycles. The van der Waals surface area contributed by atoms with E-state index in [1.54, 1.807) is 12.3 Å². The van der Waals surface area contributed by atoms with E-state index < -0.39 is 0 Å². The number of hydrogen-bond donors (Lipinski definition) is 1. The molecule has 0 atom stereocenters. The van der Waals surface area contributed by atoms with Crippen molar-refractivity contribution in [2.45, 2.75) is 24.8 Å². The normalized spacial score (nSPS) is 23.0. The summed E-state index contributed by atoms with van der Waals surface area (Å²) in [5, 5.41) is 9.84. The lowest BCUT2D eigenvalue weighted by Gasteiger charge is -2.47. The Balaban J connectivity index is 1.70. The van der Waals surface area contributed by atoms with E-state index in [0.29, 0.717) is 5.56 Å². The monoisotopic (exact) mass is 318 g/mol. The SMILES string of the molecule is CN1CCCN(C)C2(CCN(C(=O)c3ccncc3O)CC2)C1. The summed E-state index contributed by atoms with van der Waals surface area (Å²) in [6.07, 6.45) is 6.03. The molecule has 23 heavy (non-hydrogen) atoms. The van der Waals surface area contributed by atoms with Gasteiger partial charge in [-0.1, -0.05) is 0 Å². The third kappa shape index (κ3) is 3.19. The first-order valence-electron chi connectivity index (χ1n) is 8.34. The highest BCUT2D eigenvalue weighted by Crippen LogP contribution is 2.32. The van der Waals surface area contributed by atoms with Gasteiger partial charge in [0.25, 0.3) is 5.91 Å². The molecule has 6 nitrogen and oxygen atoms in total. The van der Waals surface area contributed by atoms with Crippen molar-refractivity contribution in [1.82, 2.24) is 19.7 Å². The van der Waals surface area contributed by atoms with Crippen molar-refractivity contribution < 1.29 is 9.90 Å². The number of carbonyl (C=O) groups is 1. The number of rotatable bonds is 1. The van der Waals surface area contributed by atoms with E-state index in [4.69, 9.17) is 0 Å². The molecule has 6 heteroatoms. The van der Waals surface area contributed by atoms with E-state index in [0.717, 1.165) is 45.6 Å². The Kier molecular flexibility index (Phi) is 4.55. The van der Waals surface area contributed by atoms with Crippen LogP contribution in [-0.4, -0.2) is 83.1 Å². The van der Waals surface area contributed by atoms with E-state index in [1.807, 2.05) is 4.90 Å². The largest absolute Gasteiger partial charge is 0.505 e. The highest BCUT2D eigenvalue weighted by atomic mass is 16.3. The zero-order valence-electron chi connectivity index (χ0n) is 14.0. The summed E-state index contributed by atoms with van der Waals surface area (Å²) in [4.78, 5) is 23.2. The van der Waals surface area contributed by atoms with Crippen LogP contribution in [0.2, 0.25) is 0 Å². The number of piperidine rings is 1. The van der Waals surface area contributed by atoms with Gasteiger partial charge in [0.1, 0.15) is 5.75 Å². The fourth-order valence-electron chi connectivity index (χ4n) is 3.92. The molecule has 2 saturated heterocycles. The summed E-state index contributed by atoms with van der Waals surface area (Å²) in [6.45, 7) is 4.78. The summed E-state index contributed by atoms with van der Waals surface area (Å²) in [5.74, 6) is -0.131. The molecule has 1 amide bonds. The number of carbonyl (C=O) groups excluding carboxylic acids is 1. The van der Waals surface area contributed by atoms with Crippen molar-refractivity contribution >= 4 is 5.91 Å². The lowest BCUT2D eigenvalue weighted by atomic mass is 9.85. The minimum absolute atomic E-state index is 0.0379. The van der Waals surface area contributed by atoms with Crippen molar-refractivity contribution in [2.24, 2.45) is 0 Å². The van der Waals surface area contributed by atoms with Crippen molar-refractivity contribution in [3.05, 3.63) is 24.0 Å². The Morgan fingerprint density at radius 2 is 1.96 bits per heavy atom. The van der Waals surface area contributed by atoms with Gasteiger partial charge in [-0.2, -0.15) is 0 Å². The van der Waals surface area contributed by atoms with Crippen molar-refractivity contribution in [1.29, 1.82) is 0 Å². The van der Waals surface area contributed by atoms with Crippen molar-refractivity contribution in [3.8, 4) is 5.75 Å². The van der Waals surface area contributed by atoms with Crippen LogP contribution >= 0.6 is 0 Å². The van der Waals surface area contributed by atoms with E-state index in [1.165, 1.54) is 12.6 Å². The van der Waals surface area contributed by atoms with Crippen LogP contribution in [0.25, 0.3) is 0 Å². The predicted molar refractivity (Wildman–Crippen MR) is 88.5 cm³/mol. The van der Waals surface area contributed by atoms with Gasteiger partial charge in [0.05, 0.1) is 11.8 Å². The quantitative estimate of drug-likeness (QED) is 0.838. The molecular weight excluding hydrogens is 292 g/mol. The summed E-state index contributed by atoms with van der Waals surface area (Å²) in [5.41, 5.74) is 0.518. The molecule has 0 bridgehead atoms. The Labute approximate surface area is 137 Å². The van der Waals surface area contributed by atoms with Crippen LogP contribution in [0.3, 0.4) is 0 Å². The molecule has 1 N–H and O–H groups in total. The van der Waals surface area contributed by atoms with Crippen LogP contribution in [0.1, 0.15) is 29.6 Å². The Hall–Kier alpha value is -1.66. The zero-order valence-corrected chi connectivity index (χ0v) is 14.0. The minimum Gasteiger partial charge on any atom is -0.505 e. The molecule has 0 aromatic carbocycles. The standard InChI is InChI=1S/C17H26N4O2/c1-19-8-3-9-20(2)17(13-19)5-10-21(11-6-17)16(23)14-4-7-18-12-15(14)22/h4,7,12,22H,3,5-6,8-11,13H2,1-2H3. The number of aromatic hydroxyl groups is 1. The first-order chi connectivity index (χ1) is 11.0. The molecule has 3 heterocycles. The van der Waals surface area contributed by atoms with Gasteiger partial charge in [-0.15, -0.1) is 0 Å². The highest BCUT2D eigenvalue weighted by molar-refractivity contribution is 5.96. The number of likely N-dealkylation sites (tertiary alicyclic amines) is 1. The first kappa shape index (κ1) is 16.2. The maximum absolute atomic E-state index is 12.6. The molecule has 3 rings (SSSR count). The van der Waals surface area contributed by atoms with Crippen LogP contribution in [0.15, 0.2) is 18.5 Å². The molecule has 2 aliphatic heterocycles. The molecule has 0 aliphatic carbocycles. The molecule has 1 aromatic heterocycles. The Bertz CT molecular complexity index is 569. The minimum atomic E-state index is -0.0932. The lowest BCUT2D eigenvalue weighted by molar-refractivity contribution is 0.0280. The zero-order chi connectivity index (χ0) is 16.4. The second-order valence-corrected chi connectivity index (χ2v) is 6.92. The molecule has 2 aliphatic rings. The fourth-order valence-corrected chi connectivity index (χ4v) is 3.92. The lowest BCUT2D eigenvalue weighted by Crippen LogP contribution is -2.58. The molecule has 2 fully saturated rings. The van der Waals surface area contributed by atoms with Crippen molar-refractivity contribution in [2.75, 3.05) is 46.8 Å². The van der Waals surface area contributed by atoms with Crippen LogP contribution in [0.4, 0.5) is 0 Å². The number of nitrogens with zero attached hydrogens (tertiary/aromatic N) is 4. The highest BCUT2D eigenvalue weighted by Gasteiger charge is 2.41. The van der Waals surface area contributed by atoms with E-state index in [9.17, 15) is 9.90 Å². The van der Waals surface area contributed by atoms with Crippen LogP contribution in [0, 0.1) is 0 Å². The molecule has 1 aromatic rings. The predicted octanol–water partition coefficient (Wildman–Crippen LogP) is 1.03. The third-order valence-corrected chi connectivity index (χ3v) is 5.42. The van der Waals surface area contributed by atoms with Gasteiger partial charge in [0.15, 0.2) is 0 Å². The van der Waals surface area contributed by atoms with Gasteiger partial charge in [-0.25, -0.2) is 0 Å². The summed E-state index contributed by atoms with van der Waals surface area (Å²) < 4.78 is 0. The van der Waals surface area contributed by atoms with Gasteiger partial charge >= 0.3 is 0 Å². The maximum Gasteiger partial charge on any atom is 0.257 e. The van der Waals surface area contributed by atoms with Crippen LogP contribution in [0.5, 0.6) is 5.75 Å². The van der Waals surface area contributed by atoms with Crippen LogP contribution in [-0.2, 0) is 0 Å². The molecular formula is C17H26N4O2. The van der Waals surface area contributed by atoms with Crippen molar-refractivity contribution in [3.63, 3.8) is 0 Å². The molecule has 0 radical (unpaired) electrons. The summed E-state index contributed by atoms with van der Waals surface area (Å²) in [7, 11) is 4.40. The van der Waals surface area contributed by atoms with E-state index >= 15 is 0 Å². The maximum atomic E-state index is 12.6. The molecule has 1 spiro atoms. The van der Waals surface area contributed by atoms with Gasteiger partial charge in [0.2, 0.25) is 0 Å². The molecule has 126 valence electrons. The second-order valence-electron chi connectivity index (χ2n) is 6.92. The van der Waals surface area contributed by atoms with E-state index in [-0.39, 0.29) is 17.2 Å². The number of pyridine rings is 1. The van der Waals surface area contributed by atoms with E-state index in [2.05, 4.69) is 28.9 Å². The number of aromatic nitrogens is 1. The topological polar surface area (TPSA) is 59.9 Å². The number of amides is 1. The summed E-state index contributed by atoms with van der Waals surface area (Å²) in [6, 6.07) is 1.59.